The molecule has 0 aliphatic heterocycles. The second-order valence-corrected chi connectivity index (χ2v) is 5.59. The van der Waals surface area contributed by atoms with Crippen molar-refractivity contribution in [2.24, 2.45) is 17.8 Å². The van der Waals surface area contributed by atoms with Crippen LogP contribution in [-0.4, -0.2) is 43.4 Å². The highest BCUT2D eigenvalue weighted by molar-refractivity contribution is 5.76. The van der Waals surface area contributed by atoms with Gasteiger partial charge >= 0.3 is 12.0 Å². The molecule has 0 aromatic rings. The molecule has 19 heavy (non-hydrogen) atoms. The molecule has 0 saturated heterocycles. The molecule has 3 N–H and O–H groups in total. The zero-order valence-corrected chi connectivity index (χ0v) is 11.2. The first kappa shape index (κ1) is 14.1. The summed E-state index contributed by atoms with van der Waals surface area (Å²) in [7, 11) is 1.31. The van der Waals surface area contributed by atoms with E-state index in [4.69, 9.17) is 9.84 Å². The molecule has 2 saturated carbocycles. The Morgan fingerprint density at radius 1 is 1.32 bits per heavy atom. The topological polar surface area (TPSA) is 87.7 Å². The number of carboxylic acid groups (broad SMARTS) is 1. The van der Waals surface area contributed by atoms with Crippen molar-refractivity contribution in [1.82, 2.24) is 10.6 Å². The van der Waals surface area contributed by atoms with Gasteiger partial charge < -0.3 is 20.5 Å². The van der Waals surface area contributed by atoms with Gasteiger partial charge in [0.05, 0.1) is 6.54 Å². The van der Waals surface area contributed by atoms with E-state index in [1.165, 1.54) is 32.8 Å². The molecule has 6 nitrogen and oxygen atoms in total. The van der Waals surface area contributed by atoms with Crippen LogP contribution < -0.4 is 10.6 Å². The number of hydrogen-bond acceptors (Lipinski definition) is 3. The van der Waals surface area contributed by atoms with Crippen LogP contribution in [0.4, 0.5) is 4.79 Å². The summed E-state index contributed by atoms with van der Waals surface area (Å²) in [5, 5.41) is 14.1. The van der Waals surface area contributed by atoms with Gasteiger partial charge in [-0.3, -0.25) is 0 Å². The highest BCUT2D eigenvalue weighted by Crippen LogP contribution is 2.47. The number of aliphatic carboxylic acids is 1. The molecule has 2 aliphatic rings. The number of rotatable bonds is 6. The number of methoxy groups -OCH3 is 1. The molecule has 0 aromatic heterocycles. The summed E-state index contributed by atoms with van der Waals surface area (Å²) in [6.45, 7) is 0.673. The molecule has 0 heterocycles. The lowest BCUT2D eigenvalue weighted by atomic mass is 9.89. The van der Waals surface area contributed by atoms with Crippen LogP contribution in [0.1, 0.15) is 25.7 Å². The fourth-order valence-corrected chi connectivity index (χ4v) is 3.37. The number of amides is 2. The highest BCUT2D eigenvalue weighted by Gasteiger charge is 2.39. The lowest BCUT2D eigenvalue weighted by Crippen LogP contribution is -2.44. The molecule has 2 aliphatic carbocycles. The predicted octanol–water partition coefficient (Wildman–Crippen LogP) is 0.821. The van der Waals surface area contributed by atoms with Crippen LogP contribution in [0.2, 0.25) is 0 Å². The van der Waals surface area contributed by atoms with Gasteiger partial charge in [0.25, 0.3) is 0 Å². The van der Waals surface area contributed by atoms with E-state index < -0.39 is 12.1 Å². The average molecular weight is 270 g/mol. The molecule has 2 fully saturated rings. The van der Waals surface area contributed by atoms with Gasteiger partial charge in [0, 0.05) is 13.7 Å². The molecule has 4 unspecified atom stereocenters. The van der Waals surface area contributed by atoms with Gasteiger partial charge in [0.2, 0.25) is 0 Å². The predicted molar refractivity (Wildman–Crippen MR) is 68.8 cm³/mol. The second-order valence-electron chi connectivity index (χ2n) is 5.59. The van der Waals surface area contributed by atoms with Crippen molar-refractivity contribution in [3.63, 3.8) is 0 Å². The van der Waals surface area contributed by atoms with Crippen LogP contribution in [0.3, 0.4) is 0 Å². The number of carboxylic acids is 1. The number of hydrogen-bond donors (Lipinski definition) is 3. The van der Waals surface area contributed by atoms with E-state index in [-0.39, 0.29) is 12.6 Å². The third-order valence-corrected chi connectivity index (χ3v) is 4.42. The van der Waals surface area contributed by atoms with Gasteiger partial charge in [0.15, 0.2) is 6.10 Å². The number of ether oxygens (including phenoxy) is 1. The molecular weight excluding hydrogens is 248 g/mol. The van der Waals surface area contributed by atoms with Crippen molar-refractivity contribution in [3.8, 4) is 0 Å². The van der Waals surface area contributed by atoms with Crippen molar-refractivity contribution in [1.29, 1.82) is 0 Å². The van der Waals surface area contributed by atoms with Gasteiger partial charge in [0.1, 0.15) is 0 Å². The summed E-state index contributed by atoms with van der Waals surface area (Å²) >= 11 is 0. The first-order valence-corrected chi connectivity index (χ1v) is 6.87. The minimum absolute atomic E-state index is 0.0195. The van der Waals surface area contributed by atoms with E-state index in [0.717, 1.165) is 11.8 Å². The maximum atomic E-state index is 11.6. The standard InChI is InChI=1S/C13H22N2O4/c1-19-11(12(16)17)7-15-13(18)14-6-10-5-8-2-3-9(10)4-8/h8-11H,2-7H2,1H3,(H,16,17)(H2,14,15,18). The van der Waals surface area contributed by atoms with E-state index in [1.54, 1.807) is 0 Å². The molecule has 2 bridgehead atoms. The number of carbonyl (C=O) groups is 2. The Bertz CT molecular complexity index is 348. The first-order chi connectivity index (χ1) is 9.10. The molecule has 0 aromatic carbocycles. The Balaban J connectivity index is 1.63. The van der Waals surface area contributed by atoms with Crippen molar-refractivity contribution < 1.29 is 19.4 Å². The maximum Gasteiger partial charge on any atom is 0.334 e. The maximum absolute atomic E-state index is 11.6. The quantitative estimate of drug-likeness (QED) is 0.667. The van der Waals surface area contributed by atoms with Gasteiger partial charge in [-0.25, -0.2) is 9.59 Å². The van der Waals surface area contributed by atoms with E-state index in [0.29, 0.717) is 12.5 Å². The molecule has 2 amide bonds. The SMILES string of the molecule is COC(CNC(=O)NCC1CC2CCC1C2)C(=O)O. The van der Waals surface area contributed by atoms with Crippen LogP contribution in [0, 0.1) is 17.8 Å². The van der Waals surface area contributed by atoms with E-state index in [2.05, 4.69) is 10.6 Å². The zero-order valence-electron chi connectivity index (χ0n) is 11.2. The summed E-state index contributed by atoms with van der Waals surface area (Å²) < 4.78 is 4.74. The molecule has 6 heteroatoms. The Hall–Kier alpha value is -1.30. The zero-order chi connectivity index (χ0) is 13.8. The third-order valence-electron chi connectivity index (χ3n) is 4.42. The number of nitrogens with one attached hydrogen (secondary N) is 2. The molecule has 4 atom stereocenters. The normalized spacial score (nSPS) is 30.1. The fraction of sp³-hybridized carbons (Fsp3) is 0.846. The number of carbonyl (C=O) groups excluding carboxylic acids is 1. The van der Waals surface area contributed by atoms with Gasteiger partial charge in [-0.15, -0.1) is 0 Å². The lowest BCUT2D eigenvalue weighted by molar-refractivity contribution is -0.147. The molecular formula is C13H22N2O4. The summed E-state index contributed by atoms with van der Waals surface area (Å²) in [5.41, 5.74) is 0. The van der Waals surface area contributed by atoms with Crippen LogP contribution in [0.5, 0.6) is 0 Å². The van der Waals surface area contributed by atoms with E-state index in [1.807, 2.05) is 0 Å². The molecule has 108 valence electrons. The number of urea groups is 1. The summed E-state index contributed by atoms with van der Waals surface area (Å²) in [6, 6.07) is -0.314. The largest absolute Gasteiger partial charge is 0.479 e. The highest BCUT2D eigenvalue weighted by atomic mass is 16.5. The summed E-state index contributed by atoms with van der Waals surface area (Å²) in [5.74, 6) is 1.17. The Morgan fingerprint density at radius 3 is 2.63 bits per heavy atom. The summed E-state index contributed by atoms with van der Waals surface area (Å²) in [6.07, 6.45) is 4.19. The van der Waals surface area contributed by atoms with Crippen molar-refractivity contribution >= 4 is 12.0 Å². The lowest BCUT2D eigenvalue weighted by Gasteiger charge is -2.22. The Morgan fingerprint density at radius 2 is 2.11 bits per heavy atom. The van der Waals surface area contributed by atoms with Crippen LogP contribution in [-0.2, 0) is 9.53 Å². The fourth-order valence-electron chi connectivity index (χ4n) is 3.37. The second kappa shape index (κ2) is 6.23. The third kappa shape index (κ3) is 3.59. The Kier molecular flexibility index (Phi) is 4.63. The minimum atomic E-state index is -1.07. The molecule has 0 radical (unpaired) electrons. The van der Waals surface area contributed by atoms with Crippen molar-refractivity contribution in [3.05, 3.63) is 0 Å². The molecule has 0 spiro atoms. The molecule has 2 rings (SSSR count). The Labute approximate surface area is 112 Å². The van der Waals surface area contributed by atoms with Crippen molar-refractivity contribution in [2.45, 2.75) is 31.8 Å². The van der Waals surface area contributed by atoms with Crippen LogP contribution in [0.15, 0.2) is 0 Å². The average Bonchev–Trinajstić information content (AvgIpc) is 2.98. The van der Waals surface area contributed by atoms with Gasteiger partial charge in [-0.1, -0.05) is 6.42 Å². The summed E-state index contributed by atoms with van der Waals surface area (Å²) in [4.78, 5) is 22.3. The van der Waals surface area contributed by atoms with E-state index in [9.17, 15) is 9.59 Å². The smallest absolute Gasteiger partial charge is 0.334 e. The van der Waals surface area contributed by atoms with E-state index >= 15 is 0 Å². The first-order valence-electron chi connectivity index (χ1n) is 6.87. The van der Waals surface area contributed by atoms with Crippen molar-refractivity contribution in [2.75, 3.05) is 20.2 Å². The monoisotopic (exact) mass is 270 g/mol. The van der Waals surface area contributed by atoms with Crippen LogP contribution >= 0.6 is 0 Å². The van der Waals surface area contributed by atoms with Gasteiger partial charge in [-0.2, -0.15) is 0 Å². The van der Waals surface area contributed by atoms with Crippen LogP contribution in [0.25, 0.3) is 0 Å². The van der Waals surface area contributed by atoms with Gasteiger partial charge in [-0.05, 0) is 37.0 Å². The number of fused-ring (bicyclic) bond motifs is 2. The minimum Gasteiger partial charge on any atom is -0.479 e.